The van der Waals surface area contributed by atoms with E-state index in [0.29, 0.717) is 28.3 Å². The topological polar surface area (TPSA) is 114 Å². The molecular weight excluding hydrogens is 514 g/mol. The molecule has 0 amide bonds. The van der Waals surface area contributed by atoms with Crippen LogP contribution in [0, 0.1) is 0 Å². The number of nitrogens with one attached hydrogen (secondary N) is 1. The number of hydrogen-bond acceptors (Lipinski definition) is 8. The molecule has 1 aliphatic rings. The molecule has 41 heavy (non-hydrogen) atoms. The van der Waals surface area contributed by atoms with E-state index in [-0.39, 0.29) is 11.5 Å². The van der Waals surface area contributed by atoms with Crippen molar-refractivity contribution in [3.63, 3.8) is 0 Å². The van der Waals surface area contributed by atoms with Gasteiger partial charge in [-0.25, -0.2) is 15.0 Å². The Kier molecular flexibility index (Phi) is 6.62. The van der Waals surface area contributed by atoms with Crippen LogP contribution in [0.1, 0.15) is 30.2 Å². The second-order valence-corrected chi connectivity index (χ2v) is 10.3. The van der Waals surface area contributed by atoms with Crippen LogP contribution in [-0.2, 0) is 6.54 Å². The lowest BCUT2D eigenvalue weighted by Gasteiger charge is -2.30. The van der Waals surface area contributed by atoms with E-state index in [9.17, 15) is 4.79 Å². The summed E-state index contributed by atoms with van der Waals surface area (Å²) in [5, 5.41) is 4.70. The SMILES string of the molecule is O=c1[nH]ccc2nc(-c3ccc(CN4CCC(c5nc(-c6ccncn6)no5)CC4)cc3)c(-c3ccccc3)cc12. The van der Waals surface area contributed by atoms with Crippen LogP contribution >= 0.6 is 0 Å². The molecule has 2 aromatic carbocycles. The number of likely N-dealkylation sites (tertiary alicyclic amines) is 1. The standard InChI is InChI=1S/C32H27N7O2/c40-31-26-18-25(22-4-2-1-3-5-22)29(36-27(26)11-15-34-31)23-8-6-21(7-9-23)19-39-16-12-24(13-17-39)32-37-30(38-41-32)28-10-14-33-20-35-28/h1-11,14-15,18,20,24H,12-13,16-17,19H2,(H,34,40). The van der Waals surface area contributed by atoms with Gasteiger partial charge in [0.15, 0.2) is 0 Å². The quantitative estimate of drug-likeness (QED) is 0.295. The van der Waals surface area contributed by atoms with Gasteiger partial charge in [-0.2, -0.15) is 4.98 Å². The molecule has 1 saturated heterocycles. The highest BCUT2D eigenvalue weighted by molar-refractivity contribution is 5.91. The highest BCUT2D eigenvalue weighted by atomic mass is 16.5. The van der Waals surface area contributed by atoms with E-state index in [1.807, 2.05) is 42.5 Å². The van der Waals surface area contributed by atoms with Gasteiger partial charge < -0.3 is 9.51 Å². The molecule has 1 N–H and O–H groups in total. The van der Waals surface area contributed by atoms with Crippen LogP contribution in [0.4, 0.5) is 0 Å². The highest BCUT2D eigenvalue weighted by Crippen LogP contribution is 2.33. The maximum Gasteiger partial charge on any atom is 0.257 e. The first kappa shape index (κ1) is 25.0. The van der Waals surface area contributed by atoms with Crippen LogP contribution in [0.2, 0.25) is 0 Å². The lowest BCUT2D eigenvalue weighted by atomic mass is 9.95. The Morgan fingerprint density at radius 3 is 2.54 bits per heavy atom. The third-order valence-electron chi connectivity index (χ3n) is 7.66. The van der Waals surface area contributed by atoms with Crippen LogP contribution in [-0.4, -0.2) is 48.1 Å². The zero-order chi connectivity index (χ0) is 27.6. The van der Waals surface area contributed by atoms with E-state index >= 15 is 0 Å². The first-order valence-electron chi connectivity index (χ1n) is 13.7. The highest BCUT2D eigenvalue weighted by Gasteiger charge is 2.26. The van der Waals surface area contributed by atoms with Gasteiger partial charge in [0.05, 0.1) is 16.6 Å². The summed E-state index contributed by atoms with van der Waals surface area (Å²) in [5.41, 5.74) is 6.30. The maximum atomic E-state index is 12.5. The van der Waals surface area contributed by atoms with Crippen LogP contribution in [0.5, 0.6) is 0 Å². The summed E-state index contributed by atoms with van der Waals surface area (Å²) in [5.74, 6) is 1.44. The van der Waals surface area contributed by atoms with Crippen LogP contribution < -0.4 is 5.56 Å². The number of benzene rings is 2. The maximum absolute atomic E-state index is 12.5. The molecule has 9 heteroatoms. The molecule has 4 aromatic heterocycles. The summed E-state index contributed by atoms with van der Waals surface area (Å²) < 4.78 is 5.58. The molecule has 9 nitrogen and oxygen atoms in total. The fourth-order valence-corrected chi connectivity index (χ4v) is 5.46. The number of H-pyrrole nitrogens is 1. The van der Waals surface area contributed by atoms with E-state index in [2.05, 4.69) is 54.3 Å². The smallest absolute Gasteiger partial charge is 0.257 e. The molecule has 0 saturated carbocycles. The van der Waals surface area contributed by atoms with E-state index < -0.39 is 0 Å². The van der Waals surface area contributed by atoms with Crippen molar-refractivity contribution in [2.75, 3.05) is 13.1 Å². The number of aromatic nitrogens is 6. The van der Waals surface area contributed by atoms with Crippen molar-refractivity contribution in [1.29, 1.82) is 0 Å². The summed E-state index contributed by atoms with van der Waals surface area (Å²) in [7, 11) is 0. The molecule has 0 unspecified atom stereocenters. The summed E-state index contributed by atoms with van der Waals surface area (Å²) in [4.78, 5) is 35.4. The number of rotatable bonds is 6. The summed E-state index contributed by atoms with van der Waals surface area (Å²) in [6, 6.07) is 24.3. The van der Waals surface area contributed by atoms with E-state index in [0.717, 1.165) is 54.9 Å². The Hall–Kier alpha value is -5.02. The summed E-state index contributed by atoms with van der Waals surface area (Å²) >= 11 is 0. The molecule has 0 spiro atoms. The number of aromatic amines is 1. The third kappa shape index (κ3) is 5.15. The number of pyridine rings is 2. The minimum Gasteiger partial charge on any atom is -0.339 e. The van der Waals surface area contributed by atoms with Crippen LogP contribution in [0.15, 0.2) is 101 Å². The normalized spacial score (nSPS) is 14.4. The number of fused-ring (bicyclic) bond motifs is 1. The molecule has 1 fully saturated rings. The van der Waals surface area contributed by atoms with Crippen molar-refractivity contribution in [2.45, 2.75) is 25.3 Å². The van der Waals surface area contributed by atoms with Crippen LogP contribution in [0.3, 0.4) is 0 Å². The van der Waals surface area contributed by atoms with Crippen LogP contribution in [0.25, 0.3) is 44.8 Å². The van der Waals surface area contributed by atoms with E-state index in [4.69, 9.17) is 9.51 Å². The predicted molar refractivity (Wildman–Crippen MR) is 156 cm³/mol. The average Bonchev–Trinajstić information content (AvgIpc) is 3.53. The van der Waals surface area contributed by atoms with E-state index in [1.165, 1.54) is 11.9 Å². The van der Waals surface area contributed by atoms with Crippen molar-refractivity contribution in [3.05, 3.63) is 113 Å². The fraction of sp³-hybridized carbons (Fsp3) is 0.188. The van der Waals surface area contributed by atoms with Gasteiger partial charge in [-0.3, -0.25) is 9.69 Å². The summed E-state index contributed by atoms with van der Waals surface area (Å²) in [6.07, 6.45) is 6.73. The molecule has 202 valence electrons. The molecule has 6 aromatic rings. The second-order valence-electron chi connectivity index (χ2n) is 10.3. The average molecular weight is 542 g/mol. The molecule has 7 rings (SSSR count). The lowest BCUT2D eigenvalue weighted by Crippen LogP contribution is -2.32. The zero-order valence-electron chi connectivity index (χ0n) is 22.3. The second kappa shape index (κ2) is 10.9. The van der Waals surface area contributed by atoms with Gasteiger partial charge in [0, 0.05) is 36.0 Å². The molecular formula is C32H27N7O2. The minimum atomic E-state index is -0.136. The first-order valence-corrected chi connectivity index (χ1v) is 13.7. The molecule has 0 aliphatic carbocycles. The molecule has 0 bridgehead atoms. The monoisotopic (exact) mass is 541 g/mol. The predicted octanol–water partition coefficient (Wildman–Crippen LogP) is 5.48. The van der Waals surface area contributed by atoms with Crippen molar-refractivity contribution in [3.8, 4) is 33.9 Å². The number of nitrogens with zero attached hydrogens (tertiary/aromatic N) is 6. The van der Waals surface area contributed by atoms with Crippen molar-refractivity contribution >= 4 is 10.9 Å². The Balaban J connectivity index is 1.06. The Labute approximate surface area is 236 Å². The first-order chi connectivity index (χ1) is 20.2. The molecule has 5 heterocycles. The zero-order valence-corrected chi connectivity index (χ0v) is 22.3. The largest absolute Gasteiger partial charge is 0.339 e. The molecule has 0 atom stereocenters. The minimum absolute atomic E-state index is 0.136. The molecule has 0 radical (unpaired) electrons. The van der Waals surface area contributed by atoms with Gasteiger partial charge in [-0.05, 0) is 55.3 Å². The van der Waals surface area contributed by atoms with Crippen molar-refractivity contribution < 1.29 is 4.52 Å². The van der Waals surface area contributed by atoms with Gasteiger partial charge in [0.1, 0.15) is 12.0 Å². The van der Waals surface area contributed by atoms with Gasteiger partial charge in [0.2, 0.25) is 11.7 Å². The number of hydrogen-bond donors (Lipinski definition) is 1. The van der Waals surface area contributed by atoms with Gasteiger partial charge >= 0.3 is 0 Å². The third-order valence-corrected chi connectivity index (χ3v) is 7.66. The van der Waals surface area contributed by atoms with Crippen molar-refractivity contribution in [1.82, 2.24) is 35.0 Å². The Morgan fingerprint density at radius 2 is 1.76 bits per heavy atom. The van der Waals surface area contributed by atoms with Gasteiger partial charge in [-0.1, -0.05) is 59.8 Å². The number of piperidine rings is 1. The van der Waals surface area contributed by atoms with Gasteiger partial charge in [0.25, 0.3) is 5.56 Å². The Morgan fingerprint density at radius 1 is 0.927 bits per heavy atom. The Bertz CT molecular complexity index is 1840. The lowest BCUT2D eigenvalue weighted by molar-refractivity contribution is 0.187. The fourth-order valence-electron chi connectivity index (χ4n) is 5.46. The molecule has 1 aliphatic heterocycles. The van der Waals surface area contributed by atoms with Crippen molar-refractivity contribution in [2.24, 2.45) is 0 Å². The summed E-state index contributed by atoms with van der Waals surface area (Å²) in [6.45, 7) is 2.78. The van der Waals surface area contributed by atoms with Gasteiger partial charge in [-0.15, -0.1) is 0 Å². The van der Waals surface area contributed by atoms with E-state index in [1.54, 1.807) is 18.5 Å².